The molecule has 1 saturated carbocycles. The first-order chi connectivity index (χ1) is 11.1. The van der Waals surface area contributed by atoms with Crippen molar-refractivity contribution in [3.8, 4) is 0 Å². The number of anilines is 1. The highest BCUT2D eigenvalue weighted by atomic mass is 16.2. The molecule has 2 N–H and O–H groups in total. The van der Waals surface area contributed by atoms with Gasteiger partial charge < -0.3 is 10.6 Å². The van der Waals surface area contributed by atoms with Gasteiger partial charge in [0, 0.05) is 24.7 Å². The smallest absolute Gasteiger partial charge is 0.248 e. The van der Waals surface area contributed by atoms with E-state index in [1.54, 1.807) is 7.05 Å². The summed E-state index contributed by atoms with van der Waals surface area (Å²) < 4.78 is 0. The second kappa shape index (κ2) is 6.32. The zero-order valence-corrected chi connectivity index (χ0v) is 13.8. The second-order valence-electron chi connectivity index (χ2n) is 6.76. The Balaban J connectivity index is 1.98. The van der Waals surface area contributed by atoms with Crippen LogP contribution in [0.5, 0.6) is 0 Å². The average molecular weight is 315 g/mol. The predicted molar refractivity (Wildman–Crippen MR) is 90.2 cm³/mol. The number of nitrogens with two attached hydrogens (primary N) is 1. The lowest BCUT2D eigenvalue weighted by molar-refractivity contribution is -0.143. The number of hydrogen-bond acceptors (Lipinski definition) is 4. The standard InChI is InChI=1S/C18H25N3O2/c1-20-16(22)11-21(12-17(20)23)15-8-4-3-7-14(15)18(13-19)9-5-2-6-10-18/h3-4,7-8H,2,5-6,9-13,19H2,1H3. The molecule has 1 saturated heterocycles. The monoisotopic (exact) mass is 315 g/mol. The Morgan fingerprint density at radius 3 is 2.26 bits per heavy atom. The SMILES string of the molecule is CN1C(=O)CN(c2ccccc2C2(CN)CCCCC2)CC1=O. The molecule has 0 unspecified atom stereocenters. The van der Waals surface area contributed by atoms with Gasteiger partial charge in [0.15, 0.2) is 0 Å². The molecule has 0 spiro atoms. The number of para-hydroxylation sites is 1. The van der Waals surface area contributed by atoms with E-state index >= 15 is 0 Å². The van der Waals surface area contributed by atoms with Crippen LogP contribution >= 0.6 is 0 Å². The first kappa shape index (κ1) is 16.0. The van der Waals surface area contributed by atoms with Crippen molar-refractivity contribution in [2.45, 2.75) is 37.5 Å². The molecule has 23 heavy (non-hydrogen) atoms. The summed E-state index contributed by atoms with van der Waals surface area (Å²) >= 11 is 0. The van der Waals surface area contributed by atoms with Crippen LogP contribution < -0.4 is 10.6 Å². The fraction of sp³-hybridized carbons (Fsp3) is 0.556. The van der Waals surface area contributed by atoms with Crippen molar-refractivity contribution >= 4 is 17.5 Å². The molecule has 2 fully saturated rings. The highest BCUT2D eigenvalue weighted by molar-refractivity contribution is 6.02. The normalized spacial score (nSPS) is 21.7. The second-order valence-corrected chi connectivity index (χ2v) is 6.76. The number of likely N-dealkylation sites (N-methyl/N-ethyl adjacent to an activating group) is 1. The Labute approximate surface area is 137 Å². The summed E-state index contributed by atoms with van der Waals surface area (Å²) in [5, 5.41) is 0. The van der Waals surface area contributed by atoms with Gasteiger partial charge in [0.05, 0.1) is 13.1 Å². The number of amides is 2. The minimum Gasteiger partial charge on any atom is -0.353 e. The number of carbonyl (C=O) groups excluding carboxylic acids is 2. The fourth-order valence-corrected chi connectivity index (χ4v) is 3.91. The van der Waals surface area contributed by atoms with E-state index in [0.717, 1.165) is 18.5 Å². The maximum atomic E-state index is 12.1. The summed E-state index contributed by atoms with van der Waals surface area (Å²) in [5.41, 5.74) is 8.36. The minimum absolute atomic E-state index is 0.0235. The fourth-order valence-electron chi connectivity index (χ4n) is 3.91. The van der Waals surface area contributed by atoms with Crippen molar-refractivity contribution in [1.82, 2.24) is 4.90 Å². The number of nitrogens with zero attached hydrogens (tertiary/aromatic N) is 2. The Morgan fingerprint density at radius 2 is 1.65 bits per heavy atom. The van der Waals surface area contributed by atoms with Crippen molar-refractivity contribution in [3.05, 3.63) is 29.8 Å². The van der Waals surface area contributed by atoms with Gasteiger partial charge in [-0.2, -0.15) is 0 Å². The molecule has 1 aromatic carbocycles. The van der Waals surface area contributed by atoms with Crippen LogP contribution in [0.15, 0.2) is 24.3 Å². The van der Waals surface area contributed by atoms with E-state index in [-0.39, 0.29) is 30.3 Å². The Bertz CT molecular complexity index is 590. The summed E-state index contributed by atoms with van der Waals surface area (Å²) in [6, 6.07) is 8.15. The van der Waals surface area contributed by atoms with Gasteiger partial charge in [-0.05, 0) is 24.5 Å². The lowest BCUT2D eigenvalue weighted by Gasteiger charge is -2.41. The minimum atomic E-state index is -0.151. The lowest BCUT2D eigenvalue weighted by Crippen LogP contribution is -2.53. The van der Waals surface area contributed by atoms with E-state index in [1.165, 1.54) is 29.7 Å². The summed E-state index contributed by atoms with van der Waals surface area (Å²) in [4.78, 5) is 27.3. The molecule has 0 aromatic heterocycles. The molecule has 0 bridgehead atoms. The van der Waals surface area contributed by atoms with E-state index in [9.17, 15) is 9.59 Å². The van der Waals surface area contributed by atoms with Crippen molar-refractivity contribution < 1.29 is 9.59 Å². The molecule has 2 aliphatic rings. The van der Waals surface area contributed by atoms with Gasteiger partial charge in [-0.3, -0.25) is 14.5 Å². The molecule has 1 aliphatic carbocycles. The Hall–Kier alpha value is -1.88. The van der Waals surface area contributed by atoms with Gasteiger partial charge in [0.1, 0.15) is 0 Å². The summed E-state index contributed by atoms with van der Waals surface area (Å²) in [6.07, 6.45) is 5.79. The number of piperazine rings is 1. The highest BCUT2D eigenvalue weighted by Gasteiger charge is 2.37. The molecule has 0 radical (unpaired) electrons. The largest absolute Gasteiger partial charge is 0.353 e. The number of imide groups is 1. The molecule has 1 heterocycles. The average Bonchev–Trinajstić information content (AvgIpc) is 2.60. The van der Waals surface area contributed by atoms with E-state index in [1.807, 2.05) is 23.1 Å². The number of hydrogen-bond donors (Lipinski definition) is 1. The molecule has 5 heteroatoms. The van der Waals surface area contributed by atoms with Crippen molar-refractivity contribution in [2.75, 3.05) is 31.6 Å². The molecule has 1 aliphatic heterocycles. The van der Waals surface area contributed by atoms with Crippen molar-refractivity contribution in [3.63, 3.8) is 0 Å². The number of rotatable bonds is 3. The molecule has 124 valence electrons. The van der Waals surface area contributed by atoms with Gasteiger partial charge in [0.2, 0.25) is 11.8 Å². The van der Waals surface area contributed by atoms with Crippen LogP contribution in [0.2, 0.25) is 0 Å². The van der Waals surface area contributed by atoms with Gasteiger partial charge in [-0.15, -0.1) is 0 Å². The van der Waals surface area contributed by atoms with Gasteiger partial charge >= 0.3 is 0 Å². The zero-order valence-electron chi connectivity index (χ0n) is 13.8. The van der Waals surface area contributed by atoms with Crippen LogP contribution in [-0.4, -0.2) is 43.4 Å². The number of carbonyl (C=O) groups is 2. The maximum Gasteiger partial charge on any atom is 0.248 e. The highest BCUT2D eigenvalue weighted by Crippen LogP contribution is 2.42. The Morgan fingerprint density at radius 1 is 1.04 bits per heavy atom. The quantitative estimate of drug-likeness (QED) is 0.861. The number of benzene rings is 1. The first-order valence-corrected chi connectivity index (χ1v) is 8.41. The lowest BCUT2D eigenvalue weighted by atomic mass is 9.69. The molecule has 1 aromatic rings. The Kier molecular flexibility index (Phi) is 4.39. The van der Waals surface area contributed by atoms with Crippen LogP contribution in [0.1, 0.15) is 37.7 Å². The molecule has 2 amide bonds. The van der Waals surface area contributed by atoms with Crippen LogP contribution in [0.4, 0.5) is 5.69 Å². The van der Waals surface area contributed by atoms with E-state index in [2.05, 4.69) is 6.07 Å². The predicted octanol–water partition coefficient (Wildman–Crippen LogP) is 1.65. The van der Waals surface area contributed by atoms with E-state index in [4.69, 9.17) is 5.73 Å². The van der Waals surface area contributed by atoms with Crippen LogP contribution in [0.3, 0.4) is 0 Å². The third-order valence-electron chi connectivity index (χ3n) is 5.42. The van der Waals surface area contributed by atoms with E-state index < -0.39 is 0 Å². The third kappa shape index (κ3) is 2.85. The van der Waals surface area contributed by atoms with Gasteiger partial charge in [-0.1, -0.05) is 37.5 Å². The van der Waals surface area contributed by atoms with Crippen molar-refractivity contribution in [1.29, 1.82) is 0 Å². The maximum absolute atomic E-state index is 12.1. The van der Waals surface area contributed by atoms with Gasteiger partial charge in [0.25, 0.3) is 0 Å². The summed E-state index contributed by atoms with van der Waals surface area (Å²) in [7, 11) is 1.55. The van der Waals surface area contributed by atoms with Crippen LogP contribution in [0.25, 0.3) is 0 Å². The van der Waals surface area contributed by atoms with Crippen LogP contribution in [-0.2, 0) is 15.0 Å². The van der Waals surface area contributed by atoms with Gasteiger partial charge in [-0.25, -0.2) is 0 Å². The van der Waals surface area contributed by atoms with Crippen LogP contribution in [0, 0.1) is 0 Å². The van der Waals surface area contributed by atoms with E-state index in [0.29, 0.717) is 6.54 Å². The summed E-state index contributed by atoms with van der Waals surface area (Å²) in [6.45, 7) is 1.11. The van der Waals surface area contributed by atoms with Crippen molar-refractivity contribution in [2.24, 2.45) is 5.73 Å². The molecule has 0 atom stereocenters. The topological polar surface area (TPSA) is 66.6 Å². The first-order valence-electron chi connectivity index (χ1n) is 8.41. The molecule has 3 rings (SSSR count). The third-order valence-corrected chi connectivity index (χ3v) is 5.42. The molecule has 5 nitrogen and oxygen atoms in total. The molecular weight excluding hydrogens is 290 g/mol. The summed E-state index contributed by atoms with van der Waals surface area (Å²) in [5.74, 6) is -0.303. The zero-order chi connectivity index (χ0) is 16.4. The molecular formula is C18H25N3O2.